The van der Waals surface area contributed by atoms with E-state index < -0.39 is 51.1 Å². The number of likely N-dealkylation sites (N-methyl/N-ethyl adjacent to an activating group) is 1. The van der Waals surface area contributed by atoms with E-state index in [9.17, 15) is 27.6 Å². The lowest BCUT2D eigenvalue weighted by atomic mass is 9.73. The van der Waals surface area contributed by atoms with Crippen molar-refractivity contribution in [3.63, 3.8) is 0 Å². The molecule has 0 aromatic heterocycles. The van der Waals surface area contributed by atoms with Crippen molar-refractivity contribution in [3.05, 3.63) is 0 Å². The molecule has 0 radical (unpaired) electrons. The van der Waals surface area contributed by atoms with Crippen LogP contribution < -0.4 is 20.7 Å². The minimum atomic E-state index is -4.13. The molecule has 6 rings (SSSR count). The van der Waals surface area contributed by atoms with Crippen LogP contribution in [0.2, 0.25) is 0 Å². The van der Waals surface area contributed by atoms with Crippen LogP contribution in [0.25, 0.3) is 0 Å². The van der Waals surface area contributed by atoms with Crippen molar-refractivity contribution >= 4 is 39.7 Å². The number of rotatable bonds is 15. The fraction of sp³-hybridized carbons (Fsp3) is 0.884. The Morgan fingerprint density at radius 3 is 1.98 bits per heavy atom. The van der Waals surface area contributed by atoms with Crippen molar-refractivity contribution in [2.75, 3.05) is 32.7 Å². The van der Waals surface area contributed by atoms with Crippen LogP contribution in [0.1, 0.15) is 146 Å². The van der Waals surface area contributed by atoms with Crippen molar-refractivity contribution < 1.29 is 32.4 Å². The molecule has 14 nitrogen and oxygen atoms in total. The third-order valence-electron chi connectivity index (χ3n) is 16.2. The maximum Gasteiger partial charge on any atom is 0.303 e. The molecule has 4 saturated carbocycles. The van der Waals surface area contributed by atoms with E-state index >= 15 is 4.79 Å². The van der Waals surface area contributed by atoms with Crippen molar-refractivity contribution in [1.82, 2.24) is 34.8 Å². The highest BCUT2D eigenvalue weighted by Gasteiger charge is 2.85. The van der Waals surface area contributed by atoms with Crippen molar-refractivity contribution in [3.8, 4) is 0 Å². The van der Waals surface area contributed by atoms with Gasteiger partial charge in [0.1, 0.15) is 23.7 Å². The zero-order chi connectivity index (χ0) is 42.6. The lowest BCUT2D eigenvalue weighted by molar-refractivity contribution is -0.145. The highest BCUT2D eigenvalue weighted by atomic mass is 32.2. The van der Waals surface area contributed by atoms with Crippen LogP contribution >= 0.6 is 0 Å². The summed E-state index contributed by atoms with van der Waals surface area (Å²) in [5.74, 6) is -2.43. The summed E-state index contributed by atoms with van der Waals surface area (Å²) in [6, 6.07) is -3.01. The van der Waals surface area contributed by atoms with Gasteiger partial charge in [0.2, 0.25) is 23.6 Å². The first-order valence-corrected chi connectivity index (χ1v) is 23.9. The largest absolute Gasteiger partial charge is 0.343 e. The summed E-state index contributed by atoms with van der Waals surface area (Å²) in [5, 5.41) is 9.33. The van der Waals surface area contributed by atoms with E-state index in [0.717, 1.165) is 81.6 Å². The summed E-state index contributed by atoms with van der Waals surface area (Å²) in [7, 11) is -4.13. The average Bonchev–Trinajstić information content (AvgIpc) is 3.67. The van der Waals surface area contributed by atoms with Crippen LogP contribution in [-0.2, 0) is 34.2 Å². The van der Waals surface area contributed by atoms with Crippen LogP contribution in [0.4, 0.5) is 0 Å². The van der Waals surface area contributed by atoms with Gasteiger partial charge >= 0.3 is 10.2 Å². The van der Waals surface area contributed by atoms with Crippen LogP contribution in [0.5, 0.6) is 0 Å². The van der Waals surface area contributed by atoms with Gasteiger partial charge in [-0.05, 0) is 92.5 Å². The third-order valence-corrected chi connectivity index (χ3v) is 17.8. The molecule has 4 aliphatic carbocycles. The summed E-state index contributed by atoms with van der Waals surface area (Å²) < 4.78 is 29.7. The Morgan fingerprint density at radius 2 is 1.47 bits per heavy atom. The Kier molecular flexibility index (Phi) is 12.5. The van der Waals surface area contributed by atoms with Crippen LogP contribution in [0, 0.1) is 33.5 Å². The first kappa shape index (κ1) is 44.8. The normalized spacial score (nSPS) is 31.4. The SMILES string of the molecule is CCC1CC1(NC(=O)C1CC2(CN1C(=O)C(NC(=O)C(NC(=O)C1CCCN1CC)C1CCCCC1)C(C)(C)C)C(C)(C)C21CCC1)C(=O)NS(=O)(=O)N(CC)CC. The summed E-state index contributed by atoms with van der Waals surface area (Å²) in [4.78, 5) is 76.1. The second-order valence-corrected chi connectivity index (χ2v) is 21.8. The molecule has 328 valence electrons. The molecule has 7 atom stereocenters. The molecule has 2 spiro atoms. The van der Waals surface area contributed by atoms with Gasteiger partial charge in [0.05, 0.1) is 6.04 Å². The summed E-state index contributed by atoms with van der Waals surface area (Å²) >= 11 is 0. The van der Waals surface area contributed by atoms with E-state index in [1.807, 2.05) is 34.6 Å². The molecule has 0 aromatic rings. The van der Waals surface area contributed by atoms with Crippen molar-refractivity contribution in [2.24, 2.45) is 33.5 Å². The first-order valence-electron chi connectivity index (χ1n) is 22.5. The first-order chi connectivity index (χ1) is 27.2. The Hall–Kier alpha value is -2.78. The fourth-order valence-electron chi connectivity index (χ4n) is 12.2. The molecule has 5 amide bonds. The van der Waals surface area contributed by atoms with E-state index in [0.29, 0.717) is 25.8 Å². The molecule has 7 unspecified atom stereocenters. The lowest BCUT2D eigenvalue weighted by Crippen LogP contribution is -2.63. The number of likely N-dealkylation sites (tertiary alicyclic amines) is 2. The highest BCUT2D eigenvalue weighted by Crippen LogP contribution is 2.88. The smallest absolute Gasteiger partial charge is 0.303 e. The summed E-state index contributed by atoms with van der Waals surface area (Å²) in [6.45, 7) is 19.9. The molecule has 2 aliphatic heterocycles. The molecule has 6 fully saturated rings. The molecular weight excluding hydrogens is 759 g/mol. The molecule has 2 saturated heterocycles. The van der Waals surface area contributed by atoms with Gasteiger partial charge < -0.3 is 20.9 Å². The monoisotopic (exact) mass is 832 g/mol. The van der Waals surface area contributed by atoms with Gasteiger partial charge in [-0.1, -0.05) is 94.4 Å². The van der Waals surface area contributed by atoms with E-state index in [1.165, 1.54) is 0 Å². The van der Waals surface area contributed by atoms with Crippen LogP contribution in [0.3, 0.4) is 0 Å². The number of hydrogen-bond donors (Lipinski definition) is 4. The molecule has 4 N–H and O–H groups in total. The Morgan fingerprint density at radius 1 is 0.810 bits per heavy atom. The quantitative estimate of drug-likeness (QED) is 0.192. The minimum Gasteiger partial charge on any atom is -0.343 e. The Bertz CT molecular complexity index is 1720. The topological polar surface area (TPSA) is 177 Å². The summed E-state index contributed by atoms with van der Waals surface area (Å²) in [6.07, 6.45) is 10.7. The van der Waals surface area contributed by atoms with Crippen LogP contribution in [-0.4, -0.2) is 114 Å². The van der Waals surface area contributed by atoms with Gasteiger partial charge in [-0.2, -0.15) is 12.7 Å². The van der Waals surface area contributed by atoms with Gasteiger partial charge in [-0.3, -0.25) is 28.9 Å². The molecule has 6 aliphatic rings. The Balaban J connectivity index is 1.28. The van der Waals surface area contributed by atoms with E-state index in [1.54, 1.807) is 18.7 Å². The molecule has 0 aromatic carbocycles. The lowest BCUT2D eigenvalue weighted by Gasteiger charge is -2.38. The third kappa shape index (κ3) is 7.49. The molecular formula is C43H73N7O7S. The van der Waals surface area contributed by atoms with Crippen molar-refractivity contribution in [2.45, 2.75) is 175 Å². The number of amides is 5. The number of carbonyl (C=O) groups excluding carboxylic acids is 5. The maximum absolute atomic E-state index is 15.2. The van der Waals surface area contributed by atoms with Crippen LogP contribution in [0.15, 0.2) is 0 Å². The zero-order valence-corrected chi connectivity index (χ0v) is 37.6. The van der Waals surface area contributed by atoms with Crippen molar-refractivity contribution in [1.29, 1.82) is 0 Å². The van der Waals surface area contributed by atoms with E-state index in [4.69, 9.17) is 0 Å². The minimum absolute atomic E-state index is 0.00452. The van der Waals surface area contributed by atoms with E-state index in [2.05, 4.69) is 39.4 Å². The zero-order valence-electron chi connectivity index (χ0n) is 36.8. The van der Waals surface area contributed by atoms with Gasteiger partial charge in [0.15, 0.2) is 0 Å². The number of nitrogens with one attached hydrogen (secondary N) is 4. The number of fused-ring (bicyclic) bond motifs is 1. The molecule has 0 bridgehead atoms. The summed E-state index contributed by atoms with van der Waals surface area (Å²) in [5.41, 5.74) is -2.63. The second kappa shape index (κ2) is 16.2. The molecule has 2 heterocycles. The predicted molar refractivity (Wildman–Crippen MR) is 222 cm³/mol. The Labute approximate surface area is 347 Å². The fourth-order valence-corrected chi connectivity index (χ4v) is 13.4. The van der Waals surface area contributed by atoms with E-state index in [-0.39, 0.29) is 64.9 Å². The number of carbonyl (C=O) groups is 5. The molecule has 58 heavy (non-hydrogen) atoms. The maximum atomic E-state index is 15.2. The standard InChI is InChI=1S/C43H73N7O7S/c1-10-29-25-43(29,38(55)47-58(56,57)49(12-3)13-4)46-35(52)31-26-42(40(8,9)41(42)22-18-23-41)27-50(31)37(54)33(39(5,6)7)45-36(53)32(28-19-15-14-16-20-28)44-34(51)30-21-17-24-48(30)11-2/h28-33H,10-27H2,1-9H3,(H,44,51)(H,45,53)(H,46,52)(H,47,55). The van der Waals surface area contributed by atoms with Gasteiger partial charge in [0, 0.05) is 25.0 Å². The van der Waals surface area contributed by atoms with Gasteiger partial charge in [-0.15, -0.1) is 0 Å². The highest BCUT2D eigenvalue weighted by molar-refractivity contribution is 7.87. The molecule has 15 heteroatoms. The second-order valence-electron chi connectivity index (χ2n) is 20.1. The number of nitrogens with zero attached hydrogens (tertiary/aromatic N) is 3. The van der Waals surface area contributed by atoms with Gasteiger partial charge in [-0.25, -0.2) is 4.72 Å². The number of hydrogen-bond acceptors (Lipinski definition) is 8. The van der Waals surface area contributed by atoms with Gasteiger partial charge in [0.25, 0.3) is 5.91 Å². The average molecular weight is 832 g/mol. The predicted octanol–water partition coefficient (Wildman–Crippen LogP) is 3.85.